The van der Waals surface area contributed by atoms with E-state index in [9.17, 15) is 0 Å². The van der Waals surface area contributed by atoms with Gasteiger partial charge in [-0.25, -0.2) is 0 Å². The van der Waals surface area contributed by atoms with Crippen molar-refractivity contribution in [2.75, 3.05) is 0 Å². The molecule has 2 N–H and O–H groups in total. The van der Waals surface area contributed by atoms with Crippen molar-refractivity contribution in [3.05, 3.63) is 52.8 Å². The largest absolute Gasteiger partial charge is 0.324 e. The molecule has 1 aliphatic rings. The van der Waals surface area contributed by atoms with Crippen molar-refractivity contribution in [2.24, 2.45) is 5.73 Å². The zero-order valence-corrected chi connectivity index (χ0v) is 13.0. The van der Waals surface area contributed by atoms with Gasteiger partial charge in [0.1, 0.15) is 0 Å². The quantitative estimate of drug-likeness (QED) is 0.916. The molecular weight excluding hydrogens is 282 g/mol. The van der Waals surface area contributed by atoms with Gasteiger partial charge in [0, 0.05) is 23.7 Å². The van der Waals surface area contributed by atoms with Crippen LogP contribution in [0.3, 0.4) is 0 Å². The molecule has 0 radical (unpaired) electrons. The highest BCUT2D eigenvalue weighted by atomic mass is 35.5. The van der Waals surface area contributed by atoms with Gasteiger partial charge in [-0.15, -0.1) is 0 Å². The lowest BCUT2D eigenvalue weighted by atomic mass is 9.96. The minimum absolute atomic E-state index is 0.0570. The van der Waals surface area contributed by atoms with E-state index in [-0.39, 0.29) is 6.04 Å². The highest BCUT2D eigenvalue weighted by Gasteiger charge is 2.17. The SMILES string of the molecule is NC(Cc1ccn(C2CCCCC2)n1)c1cccc(Cl)c1. The monoisotopic (exact) mass is 303 g/mol. The summed E-state index contributed by atoms with van der Waals surface area (Å²) in [5.41, 5.74) is 8.40. The van der Waals surface area contributed by atoms with Crippen molar-refractivity contribution < 1.29 is 0 Å². The molecule has 21 heavy (non-hydrogen) atoms. The fourth-order valence-electron chi connectivity index (χ4n) is 3.12. The van der Waals surface area contributed by atoms with Gasteiger partial charge in [-0.2, -0.15) is 5.10 Å². The van der Waals surface area contributed by atoms with Crippen LogP contribution in [0.5, 0.6) is 0 Å². The summed E-state index contributed by atoms with van der Waals surface area (Å²) < 4.78 is 2.14. The van der Waals surface area contributed by atoms with Gasteiger partial charge < -0.3 is 5.73 Å². The summed E-state index contributed by atoms with van der Waals surface area (Å²) in [5.74, 6) is 0. The van der Waals surface area contributed by atoms with Crippen molar-refractivity contribution in [1.82, 2.24) is 9.78 Å². The lowest BCUT2D eigenvalue weighted by molar-refractivity contribution is 0.328. The molecule has 0 amide bonds. The van der Waals surface area contributed by atoms with Crippen LogP contribution in [0.2, 0.25) is 5.02 Å². The number of rotatable bonds is 4. The third-order valence-corrected chi connectivity index (χ3v) is 4.55. The summed E-state index contributed by atoms with van der Waals surface area (Å²) in [6, 6.07) is 10.4. The number of aromatic nitrogens is 2. The molecule has 0 saturated heterocycles. The van der Waals surface area contributed by atoms with Crippen LogP contribution in [0.15, 0.2) is 36.5 Å². The number of hydrogen-bond donors (Lipinski definition) is 1. The molecule has 1 aromatic heterocycles. The van der Waals surface area contributed by atoms with E-state index < -0.39 is 0 Å². The Morgan fingerprint density at radius 1 is 1.24 bits per heavy atom. The summed E-state index contributed by atoms with van der Waals surface area (Å²) in [6.45, 7) is 0. The van der Waals surface area contributed by atoms with Crippen LogP contribution in [0.4, 0.5) is 0 Å². The van der Waals surface area contributed by atoms with E-state index in [1.54, 1.807) is 0 Å². The zero-order valence-electron chi connectivity index (χ0n) is 12.2. The van der Waals surface area contributed by atoms with Crippen LogP contribution in [0, 0.1) is 0 Å². The fourth-order valence-corrected chi connectivity index (χ4v) is 3.31. The molecule has 1 aromatic carbocycles. The van der Waals surface area contributed by atoms with Crippen molar-refractivity contribution >= 4 is 11.6 Å². The Labute approximate surface area is 131 Å². The molecule has 0 bridgehead atoms. The maximum absolute atomic E-state index is 6.28. The van der Waals surface area contributed by atoms with Gasteiger partial charge in [-0.1, -0.05) is 43.0 Å². The Kier molecular flexibility index (Phi) is 4.61. The molecule has 1 fully saturated rings. The molecular formula is C17H22ClN3. The number of benzene rings is 1. The molecule has 0 spiro atoms. The molecule has 1 unspecified atom stereocenters. The number of hydrogen-bond acceptors (Lipinski definition) is 2. The second-order valence-corrected chi connectivity index (χ2v) is 6.38. The molecule has 0 aliphatic heterocycles. The van der Waals surface area contributed by atoms with Gasteiger partial charge in [-0.3, -0.25) is 4.68 Å². The van der Waals surface area contributed by atoms with Crippen molar-refractivity contribution in [2.45, 2.75) is 50.6 Å². The average molecular weight is 304 g/mol. The maximum atomic E-state index is 6.28. The summed E-state index contributed by atoms with van der Waals surface area (Å²) >= 11 is 6.02. The Morgan fingerprint density at radius 3 is 2.81 bits per heavy atom. The third-order valence-electron chi connectivity index (χ3n) is 4.32. The Hall–Kier alpha value is -1.32. The van der Waals surface area contributed by atoms with E-state index in [0.29, 0.717) is 6.04 Å². The summed E-state index contributed by atoms with van der Waals surface area (Å²) in [6.07, 6.45) is 9.37. The predicted molar refractivity (Wildman–Crippen MR) is 86.4 cm³/mol. The van der Waals surface area contributed by atoms with Crippen molar-refractivity contribution in [3.8, 4) is 0 Å². The van der Waals surface area contributed by atoms with Gasteiger partial charge in [0.25, 0.3) is 0 Å². The molecule has 1 saturated carbocycles. The first-order chi connectivity index (χ1) is 10.2. The predicted octanol–water partition coefficient (Wildman–Crippen LogP) is 4.28. The van der Waals surface area contributed by atoms with Gasteiger partial charge in [0.05, 0.1) is 11.7 Å². The van der Waals surface area contributed by atoms with Crippen LogP contribution in [0.1, 0.15) is 55.4 Å². The molecule has 3 rings (SSSR count). The minimum atomic E-state index is -0.0570. The van der Waals surface area contributed by atoms with Crippen LogP contribution >= 0.6 is 11.6 Å². The van der Waals surface area contributed by atoms with E-state index in [0.717, 1.165) is 22.7 Å². The molecule has 112 valence electrons. The molecule has 3 nitrogen and oxygen atoms in total. The normalized spacial score (nSPS) is 17.8. The Balaban J connectivity index is 1.66. The molecule has 1 atom stereocenters. The highest BCUT2D eigenvalue weighted by Crippen LogP contribution is 2.28. The van der Waals surface area contributed by atoms with Crippen LogP contribution < -0.4 is 5.73 Å². The minimum Gasteiger partial charge on any atom is -0.324 e. The van der Waals surface area contributed by atoms with Crippen molar-refractivity contribution in [3.63, 3.8) is 0 Å². The van der Waals surface area contributed by atoms with Crippen molar-refractivity contribution in [1.29, 1.82) is 0 Å². The standard InChI is InChI=1S/C17H22ClN3/c18-14-6-4-5-13(11-14)17(19)12-15-9-10-21(20-15)16-7-2-1-3-8-16/h4-6,9-11,16-17H,1-3,7-8,12,19H2. The lowest BCUT2D eigenvalue weighted by Gasteiger charge is -2.21. The number of nitrogens with zero attached hydrogens (tertiary/aromatic N) is 2. The third kappa shape index (κ3) is 3.66. The van der Waals surface area contributed by atoms with E-state index in [1.807, 2.05) is 24.3 Å². The Bertz CT molecular complexity index is 587. The van der Waals surface area contributed by atoms with Crippen LogP contribution in [-0.2, 0) is 6.42 Å². The first-order valence-electron chi connectivity index (χ1n) is 7.77. The van der Waals surface area contributed by atoms with Gasteiger partial charge in [0.15, 0.2) is 0 Å². The van der Waals surface area contributed by atoms with Crippen LogP contribution in [-0.4, -0.2) is 9.78 Å². The zero-order chi connectivity index (χ0) is 14.7. The summed E-state index contributed by atoms with van der Waals surface area (Å²) in [4.78, 5) is 0. The molecule has 1 aliphatic carbocycles. The van der Waals surface area contributed by atoms with E-state index in [4.69, 9.17) is 22.4 Å². The van der Waals surface area contributed by atoms with E-state index >= 15 is 0 Å². The van der Waals surface area contributed by atoms with Gasteiger partial charge >= 0.3 is 0 Å². The molecule has 2 aromatic rings. The maximum Gasteiger partial charge on any atom is 0.0643 e. The van der Waals surface area contributed by atoms with E-state index in [2.05, 4.69) is 16.9 Å². The first-order valence-corrected chi connectivity index (χ1v) is 8.15. The average Bonchev–Trinajstić information content (AvgIpc) is 2.97. The smallest absolute Gasteiger partial charge is 0.0643 e. The Morgan fingerprint density at radius 2 is 2.05 bits per heavy atom. The van der Waals surface area contributed by atoms with Crippen LogP contribution in [0.25, 0.3) is 0 Å². The van der Waals surface area contributed by atoms with Gasteiger partial charge in [-0.05, 0) is 36.6 Å². The lowest BCUT2D eigenvalue weighted by Crippen LogP contribution is -2.16. The second kappa shape index (κ2) is 6.63. The molecule has 1 heterocycles. The molecule has 4 heteroatoms. The fraction of sp³-hybridized carbons (Fsp3) is 0.471. The highest BCUT2D eigenvalue weighted by molar-refractivity contribution is 6.30. The summed E-state index contributed by atoms with van der Waals surface area (Å²) in [7, 11) is 0. The second-order valence-electron chi connectivity index (χ2n) is 5.94. The first kappa shape index (κ1) is 14.6. The van der Waals surface area contributed by atoms with Gasteiger partial charge in [0.2, 0.25) is 0 Å². The number of halogens is 1. The number of nitrogens with two attached hydrogens (primary N) is 1. The summed E-state index contributed by atoms with van der Waals surface area (Å²) in [5, 5.41) is 5.46. The van der Waals surface area contributed by atoms with E-state index in [1.165, 1.54) is 32.1 Å². The topological polar surface area (TPSA) is 43.8 Å².